The Bertz CT molecular complexity index is 824. The van der Waals surface area contributed by atoms with Crippen LogP contribution in [0.5, 0.6) is 0 Å². The SMILES string of the molecule is C[SiH2]OC(O[SiH2]C)C(C)(C)CCc1ccc2c(n1)N1[C@H](C2)CN(C(=O)OC(C)(C)C)C[C@H]1C. The molecule has 2 atom stereocenters. The van der Waals surface area contributed by atoms with Crippen LogP contribution in [0.4, 0.5) is 10.6 Å². The van der Waals surface area contributed by atoms with Crippen LogP contribution in [-0.4, -0.2) is 72.6 Å². The predicted octanol–water partition coefficient (Wildman–Crippen LogP) is 3.03. The van der Waals surface area contributed by atoms with Crippen molar-refractivity contribution in [2.75, 3.05) is 18.0 Å². The molecule has 1 saturated heterocycles. The number of hydrogen-bond donors (Lipinski definition) is 0. The van der Waals surface area contributed by atoms with Gasteiger partial charge in [0.2, 0.25) is 0 Å². The summed E-state index contributed by atoms with van der Waals surface area (Å²) in [6.45, 7) is 18.1. The van der Waals surface area contributed by atoms with Gasteiger partial charge in [-0.1, -0.05) is 33.0 Å². The Morgan fingerprint density at radius 2 is 1.82 bits per heavy atom. The van der Waals surface area contributed by atoms with Crippen LogP contribution < -0.4 is 4.90 Å². The minimum absolute atomic E-state index is 0.0401. The number of nitrogens with zero attached hydrogens (tertiary/aromatic N) is 3. The van der Waals surface area contributed by atoms with Crippen LogP contribution in [0, 0.1) is 5.41 Å². The van der Waals surface area contributed by atoms with E-state index in [0.29, 0.717) is 13.1 Å². The van der Waals surface area contributed by atoms with Gasteiger partial charge in [0.05, 0.1) is 6.04 Å². The van der Waals surface area contributed by atoms with E-state index in [4.69, 9.17) is 18.6 Å². The van der Waals surface area contributed by atoms with Crippen molar-refractivity contribution in [2.24, 2.45) is 5.41 Å². The Labute approximate surface area is 204 Å². The number of aromatic nitrogens is 1. The highest BCUT2D eigenvalue weighted by molar-refractivity contribution is 6.26. The van der Waals surface area contributed by atoms with E-state index in [1.165, 1.54) is 5.56 Å². The summed E-state index contributed by atoms with van der Waals surface area (Å²) in [5, 5.41) is 0. The van der Waals surface area contributed by atoms with E-state index in [1.807, 2.05) is 25.7 Å². The molecule has 1 aromatic heterocycles. The van der Waals surface area contributed by atoms with Crippen molar-refractivity contribution in [2.45, 2.75) is 97.9 Å². The fourth-order valence-electron chi connectivity index (χ4n) is 4.87. The zero-order chi connectivity index (χ0) is 24.4. The first kappa shape index (κ1) is 26.2. The Morgan fingerprint density at radius 3 is 2.42 bits per heavy atom. The third-order valence-corrected chi connectivity index (χ3v) is 7.72. The quantitative estimate of drug-likeness (QED) is 0.410. The largest absolute Gasteiger partial charge is 0.444 e. The molecule has 3 rings (SSSR count). The molecule has 0 spiro atoms. The van der Waals surface area contributed by atoms with Crippen LogP contribution in [0.15, 0.2) is 12.1 Å². The van der Waals surface area contributed by atoms with Gasteiger partial charge in [0.25, 0.3) is 0 Å². The van der Waals surface area contributed by atoms with Crippen molar-refractivity contribution in [1.29, 1.82) is 0 Å². The van der Waals surface area contributed by atoms with E-state index in [2.05, 4.69) is 50.9 Å². The minimum Gasteiger partial charge on any atom is -0.444 e. The number of amides is 1. The number of fused-ring (bicyclic) bond motifs is 3. The van der Waals surface area contributed by atoms with E-state index >= 15 is 0 Å². The van der Waals surface area contributed by atoms with E-state index in [-0.39, 0.29) is 29.9 Å². The topological polar surface area (TPSA) is 64.1 Å². The van der Waals surface area contributed by atoms with E-state index in [9.17, 15) is 4.79 Å². The van der Waals surface area contributed by atoms with Gasteiger partial charge < -0.3 is 23.4 Å². The van der Waals surface area contributed by atoms with Gasteiger partial charge in [-0.3, -0.25) is 0 Å². The van der Waals surface area contributed by atoms with E-state index < -0.39 is 25.1 Å². The highest BCUT2D eigenvalue weighted by atomic mass is 28.2. The summed E-state index contributed by atoms with van der Waals surface area (Å²) in [5.41, 5.74) is 1.88. The highest BCUT2D eigenvalue weighted by Gasteiger charge is 2.41. The lowest BCUT2D eigenvalue weighted by Gasteiger charge is -2.43. The van der Waals surface area contributed by atoms with Gasteiger partial charge in [-0.05, 0) is 58.6 Å². The standard InChI is InChI=1S/C24H43N3O4Si2/c1-16-14-26(22(28)29-23(2,3)4)15-19-13-17-9-10-18(25-20(17)27(16)19)11-12-24(5,6)21(30-32-7)31-33-8/h9-10,16,19,21H,11-15,32-33H2,1-8H3/t16-,19-/m1/s1. The number of carbonyl (C=O) groups is 1. The van der Waals surface area contributed by atoms with Gasteiger partial charge in [-0.2, -0.15) is 0 Å². The Morgan fingerprint density at radius 1 is 1.15 bits per heavy atom. The first-order chi connectivity index (χ1) is 15.4. The van der Waals surface area contributed by atoms with Gasteiger partial charge in [-0.15, -0.1) is 0 Å². The van der Waals surface area contributed by atoms with Crippen LogP contribution in [0.3, 0.4) is 0 Å². The number of hydrogen-bond acceptors (Lipinski definition) is 6. The third kappa shape index (κ3) is 6.38. The van der Waals surface area contributed by atoms with Crippen molar-refractivity contribution in [3.05, 3.63) is 23.4 Å². The van der Waals surface area contributed by atoms with Crippen LogP contribution in [0.2, 0.25) is 13.1 Å². The van der Waals surface area contributed by atoms with Crippen LogP contribution in [0.25, 0.3) is 0 Å². The van der Waals surface area contributed by atoms with Crippen LogP contribution >= 0.6 is 0 Å². The predicted molar refractivity (Wildman–Crippen MR) is 138 cm³/mol. The van der Waals surface area contributed by atoms with Crippen LogP contribution in [-0.2, 0) is 26.4 Å². The van der Waals surface area contributed by atoms with Crippen molar-refractivity contribution in [1.82, 2.24) is 9.88 Å². The molecule has 1 amide bonds. The summed E-state index contributed by atoms with van der Waals surface area (Å²) in [6.07, 6.45) is 2.48. The second kappa shape index (κ2) is 10.5. The molecular formula is C24H43N3O4Si2. The summed E-state index contributed by atoms with van der Waals surface area (Å²) < 4.78 is 17.7. The molecule has 0 N–H and O–H groups in total. The van der Waals surface area contributed by atoms with Gasteiger partial charge in [-0.25, -0.2) is 9.78 Å². The molecule has 33 heavy (non-hydrogen) atoms. The molecule has 1 fully saturated rings. The number of piperazine rings is 1. The summed E-state index contributed by atoms with van der Waals surface area (Å²) >= 11 is 0. The molecule has 7 nitrogen and oxygen atoms in total. The maximum atomic E-state index is 12.7. The summed E-state index contributed by atoms with van der Waals surface area (Å²) in [4.78, 5) is 22.0. The summed E-state index contributed by atoms with van der Waals surface area (Å²) in [5.74, 6) is 1.10. The lowest BCUT2D eigenvalue weighted by Crippen LogP contribution is -2.58. The monoisotopic (exact) mass is 493 g/mol. The zero-order valence-corrected chi connectivity index (χ0v) is 24.6. The van der Waals surface area contributed by atoms with Crippen LogP contribution in [0.1, 0.15) is 59.2 Å². The molecule has 2 aliphatic heterocycles. The maximum absolute atomic E-state index is 12.7. The normalized spacial score (nSPS) is 22.3. The zero-order valence-electron chi connectivity index (χ0n) is 21.8. The van der Waals surface area contributed by atoms with Gasteiger partial charge >= 0.3 is 6.09 Å². The second-order valence-electron chi connectivity index (χ2n) is 11.0. The average Bonchev–Trinajstić information content (AvgIpc) is 3.09. The second-order valence-corrected chi connectivity index (χ2v) is 12.8. The highest BCUT2D eigenvalue weighted by Crippen LogP contribution is 2.36. The lowest BCUT2D eigenvalue weighted by molar-refractivity contribution is -0.0818. The van der Waals surface area contributed by atoms with Gasteiger partial charge in [0, 0.05) is 30.2 Å². The molecule has 9 heteroatoms. The first-order valence-electron chi connectivity index (χ1n) is 12.4. The Hall–Kier alpha value is -1.43. The molecule has 2 aliphatic rings. The van der Waals surface area contributed by atoms with Gasteiger partial charge in [0.15, 0.2) is 19.5 Å². The van der Waals surface area contributed by atoms with Crippen molar-refractivity contribution >= 4 is 31.4 Å². The fourth-order valence-corrected chi connectivity index (χ4v) is 6.76. The Balaban J connectivity index is 1.68. The van der Waals surface area contributed by atoms with Gasteiger partial charge in [0.1, 0.15) is 17.7 Å². The van der Waals surface area contributed by atoms with Crippen molar-refractivity contribution < 1.29 is 18.4 Å². The fraction of sp³-hybridized carbons (Fsp3) is 0.750. The molecule has 1 aromatic rings. The molecule has 0 bridgehead atoms. The average molecular weight is 494 g/mol. The molecular weight excluding hydrogens is 450 g/mol. The summed E-state index contributed by atoms with van der Waals surface area (Å²) in [7, 11) is -1.04. The van der Waals surface area contributed by atoms with Crippen molar-refractivity contribution in [3.63, 3.8) is 0 Å². The number of anilines is 1. The Kier molecular flexibility index (Phi) is 8.30. The lowest BCUT2D eigenvalue weighted by atomic mass is 9.86. The molecule has 186 valence electrons. The number of rotatable bonds is 8. The third-order valence-electron chi connectivity index (χ3n) is 6.45. The number of carbonyl (C=O) groups excluding carboxylic acids is 1. The number of aryl methyl sites for hydroxylation is 1. The maximum Gasteiger partial charge on any atom is 0.410 e. The molecule has 0 unspecified atom stereocenters. The molecule has 0 radical (unpaired) electrons. The minimum atomic E-state index is -0.521. The molecule has 0 aromatic carbocycles. The molecule has 3 heterocycles. The molecule has 0 aliphatic carbocycles. The van der Waals surface area contributed by atoms with E-state index in [0.717, 1.165) is 30.8 Å². The molecule has 0 saturated carbocycles. The first-order valence-corrected chi connectivity index (χ1v) is 16.4. The van der Waals surface area contributed by atoms with E-state index in [1.54, 1.807) is 0 Å². The summed E-state index contributed by atoms with van der Waals surface area (Å²) in [6, 6.07) is 4.86. The number of ether oxygens (including phenoxy) is 1. The van der Waals surface area contributed by atoms with Crippen molar-refractivity contribution in [3.8, 4) is 0 Å². The number of pyridine rings is 1. The smallest absolute Gasteiger partial charge is 0.410 e.